The van der Waals surface area contributed by atoms with E-state index in [1.54, 1.807) is 0 Å². The molecular formula is C71H44N2O. The lowest BCUT2D eigenvalue weighted by atomic mass is 9.70. The molecule has 2 heterocycles. The molecule has 2 aromatic heterocycles. The van der Waals surface area contributed by atoms with E-state index in [2.05, 4.69) is 276 Å². The quantitative estimate of drug-likeness (QED) is 0.166. The Labute approximate surface area is 428 Å². The molecule has 0 fully saturated rings. The van der Waals surface area contributed by atoms with Crippen molar-refractivity contribution in [2.24, 2.45) is 0 Å². The van der Waals surface area contributed by atoms with E-state index in [0.29, 0.717) is 0 Å². The third-order valence-electron chi connectivity index (χ3n) is 16.2. The summed E-state index contributed by atoms with van der Waals surface area (Å²) in [5.74, 6) is 0. The zero-order chi connectivity index (χ0) is 48.5. The molecule has 0 saturated carbocycles. The van der Waals surface area contributed by atoms with Gasteiger partial charge in [-0.3, -0.25) is 0 Å². The molecule has 0 atom stereocenters. The Morgan fingerprint density at radius 1 is 0.324 bits per heavy atom. The Kier molecular flexibility index (Phi) is 8.66. The molecule has 2 aliphatic carbocycles. The summed E-state index contributed by atoms with van der Waals surface area (Å²) in [5.41, 5.74) is 22.8. The summed E-state index contributed by atoms with van der Waals surface area (Å²) >= 11 is 0. The van der Waals surface area contributed by atoms with E-state index >= 15 is 0 Å². The van der Waals surface area contributed by atoms with E-state index < -0.39 is 5.41 Å². The Morgan fingerprint density at radius 2 is 0.851 bits per heavy atom. The Balaban J connectivity index is 0.922. The second-order valence-corrected chi connectivity index (χ2v) is 19.9. The molecule has 74 heavy (non-hydrogen) atoms. The first-order valence-electron chi connectivity index (χ1n) is 25.6. The van der Waals surface area contributed by atoms with Gasteiger partial charge in [0, 0.05) is 55.0 Å². The highest BCUT2D eigenvalue weighted by molar-refractivity contribution is 6.18. The second kappa shape index (κ2) is 15.6. The summed E-state index contributed by atoms with van der Waals surface area (Å²) in [6, 6.07) is 98.3. The van der Waals surface area contributed by atoms with Crippen LogP contribution >= 0.6 is 0 Å². The van der Waals surface area contributed by atoms with Crippen LogP contribution in [0.3, 0.4) is 0 Å². The lowest BCUT2D eigenvalue weighted by Crippen LogP contribution is -2.26. The smallest absolute Gasteiger partial charge is 0.143 e. The molecule has 0 aliphatic heterocycles. The number of para-hydroxylation sites is 4. The molecule has 3 heteroatoms. The van der Waals surface area contributed by atoms with E-state index in [9.17, 15) is 0 Å². The maximum Gasteiger partial charge on any atom is 0.143 e. The molecule has 14 aromatic rings. The molecule has 3 nitrogen and oxygen atoms in total. The Hall–Kier alpha value is -9.70. The van der Waals surface area contributed by atoms with Crippen LogP contribution in [0.15, 0.2) is 271 Å². The van der Waals surface area contributed by atoms with E-state index in [-0.39, 0.29) is 0 Å². The van der Waals surface area contributed by atoms with Crippen molar-refractivity contribution < 1.29 is 4.42 Å². The van der Waals surface area contributed by atoms with Crippen molar-refractivity contribution >= 4 is 71.6 Å². The SMILES string of the molecule is c1cc(-c2ccc(N(c3ccccc3-c3cccc4c3oc3c5ccccc5ccc43)c3cccc4c3-c3ccccc3C43c4ccccc4-c4ccccc43)cc2)cc(-n2c3ccccc3c3ccccc32)c1. The summed E-state index contributed by atoms with van der Waals surface area (Å²) < 4.78 is 9.47. The molecule has 2 aliphatic rings. The zero-order valence-corrected chi connectivity index (χ0v) is 40.2. The minimum Gasteiger partial charge on any atom is -0.455 e. The normalized spacial score (nSPS) is 13.0. The first kappa shape index (κ1) is 41.0. The summed E-state index contributed by atoms with van der Waals surface area (Å²) in [5, 5.41) is 7.01. The number of aromatic nitrogens is 1. The number of rotatable bonds is 6. The minimum atomic E-state index is -0.492. The van der Waals surface area contributed by atoms with Gasteiger partial charge >= 0.3 is 0 Å². The van der Waals surface area contributed by atoms with E-state index in [1.165, 1.54) is 66.3 Å². The van der Waals surface area contributed by atoms with Gasteiger partial charge in [0.25, 0.3) is 0 Å². The fourth-order valence-electron chi connectivity index (χ4n) is 13.2. The van der Waals surface area contributed by atoms with Crippen LogP contribution < -0.4 is 4.90 Å². The number of nitrogens with zero attached hydrogens (tertiary/aromatic N) is 2. The molecule has 0 amide bonds. The van der Waals surface area contributed by atoms with Crippen LogP contribution in [0.4, 0.5) is 17.1 Å². The highest BCUT2D eigenvalue weighted by Crippen LogP contribution is 2.65. The predicted octanol–water partition coefficient (Wildman–Crippen LogP) is 19.0. The van der Waals surface area contributed by atoms with Crippen LogP contribution in [-0.4, -0.2) is 4.57 Å². The highest BCUT2D eigenvalue weighted by Gasteiger charge is 2.52. The van der Waals surface area contributed by atoms with Crippen molar-refractivity contribution in [2.45, 2.75) is 5.41 Å². The van der Waals surface area contributed by atoms with Crippen LogP contribution in [0.5, 0.6) is 0 Å². The monoisotopic (exact) mass is 940 g/mol. The topological polar surface area (TPSA) is 21.3 Å². The van der Waals surface area contributed by atoms with Crippen molar-refractivity contribution in [3.63, 3.8) is 0 Å². The van der Waals surface area contributed by atoms with Crippen molar-refractivity contribution in [1.29, 1.82) is 0 Å². The van der Waals surface area contributed by atoms with E-state index in [0.717, 1.165) is 77.7 Å². The summed E-state index contributed by atoms with van der Waals surface area (Å²) in [7, 11) is 0. The second-order valence-electron chi connectivity index (χ2n) is 19.9. The molecule has 344 valence electrons. The van der Waals surface area contributed by atoms with Crippen LogP contribution in [0.2, 0.25) is 0 Å². The maximum atomic E-state index is 7.08. The number of anilines is 3. The Morgan fingerprint density at radius 3 is 1.59 bits per heavy atom. The van der Waals surface area contributed by atoms with Crippen molar-refractivity contribution in [3.05, 3.63) is 289 Å². The molecule has 0 saturated heterocycles. The number of benzene rings is 12. The predicted molar refractivity (Wildman–Crippen MR) is 307 cm³/mol. The minimum absolute atomic E-state index is 0.492. The average Bonchev–Trinajstić information content (AvgIpc) is 4.34. The van der Waals surface area contributed by atoms with Crippen molar-refractivity contribution in [2.75, 3.05) is 4.90 Å². The number of hydrogen-bond donors (Lipinski definition) is 0. The molecule has 0 unspecified atom stereocenters. The summed E-state index contributed by atoms with van der Waals surface area (Å²) in [4.78, 5) is 2.51. The van der Waals surface area contributed by atoms with Crippen LogP contribution in [0.1, 0.15) is 22.3 Å². The Bertz CT molecular complexity index is 4530. The standard InChI is InChI=1S/C71H44N2O/c1-2-21-50-46(18-1)40-43-58-57-29-16-28-56(70(57)74-69(50)58)55-26-8-14-36-66(55)72(48-41-38-45(39-42-48)47-19-15-20-49(44-47)73-64-34-12-6-24-53(64)54-25-7-13-35-65(54)73)67-37-17-33-63-68(67)59-27-5-11-32-62(59)71(63)60-30-9-3-22-51(60)52-23-4-10-31-61(52)71/h1-44H. The number of furan rings is 1. The number of hydrogen-bond acceptors (Lipinski definition) is 2. The van der Waals surface area contributed by atoms with Gasteiger partial charge in [-0.05, 0) is 110 Å². The molecule has 16 rings (SSSR count). The van der Waals surface area contributed by atoms with Crippen LogP contribution in [0.25, 0.3) is 105 Å². The molecule has 0 radical (unpaired) electrons. The average molecular weight is 941 g/mol. The third-order valence-corrected chi connectivity index (χ3v) is 16.2. The van der Waals surface area contributed by atoms with E-state index in [1.807, 2.05) is 0 Å². The van der Waals surface area contributed by atoms with Gasteiger partial charge < -0.3 is 13.9 Å². The van der Waals surface area contributed by atoms with Gasteiger partial charge in [-0.2, -0.15) is 0 Å². The number of fused-ring (bicyclic) bond motifs is 18. The highest BCUT2D eigenvalue weighted by atomic mass is 16.3. The first-order chi connectivity index (χ1) is 36.7. The van der Waals surface area contributed by atoms with Crippen molar-refractivity contribution in [1.82, 2.24) is 4.57 Å². The molecule has 1 spiro atoms. The molecule has 12 aromatic carbocycles. The van der Waals surface area contributed by atoms with Gasteiger partial charge in [-0.15, -0.1) is 0 Å². The summed E-state index contributed by atoms with van der Waals surface area (Å²) in [6.07, 6.45) is 0. The molecule has 0 N–H and O–H groups in total. The van der Waals surface area contributed by atoms with Gasteiger partial charge in [0.15, 0.2) is 0 Å². The third kappa shape index (κ3) is 5.61. The first-order valence-corrected chi connectivity index (χ1v) is 25.6. The fourth-order valence-corrected chi connectivity index (χ4v) is 13.2. The lowest BCUT2D eigenvalue weighted by molar-refractivity contribution is 0.674. The summed E-state index contributed by atoms with van der Waals surface area (Å²) in [6.45, 7) is 0. The van der Waals surface area contributed by atoms with Gasteiger partial charge in [-0.25, -0.2) is 0 Å². The van der Waals surface area contributed by atoms with Crippen molar-refractivity contribution in [3.8, 4) is 50.2 Å². The molecule has 0 bridgehead atoms. The molecular weight excluding hydrogens is 897 g/mol. The van der Waals surface area contributed by atoms with Crippen LogP contribution in [-0.2, 0) is 5.41 Å². The zero-order valence-electron chi connectivity index (χ0n) is 40.2. The largest absolute Gasteiger partial charge is 0.455 e. The lowest BCUT2D eigenvalue weighted by Gasteiger charge is -2.32. The maximum absolute atomic E-state index is 7.08. The van der Waals surface area contributed by atoms with E-state index in [4.69, 9.17) is 4.42 Å². The van der Waals surface area contributed by atoms with Gasteiger partial charge in [-0.1, -0.05) is 212 Å². The van der Waals surface area contributed by atoms with Gasteiger partial charge in [0.2, 0.25) is 0 Å². The fraction of sp³-hybridized carbons (Fsp3) is 0.0141. The van der Waals surface area contributed by atoms with Crippen LogP contribution in [0, 0.1) is 0 Å². The van der Waals surface area contributed by atoms with Gasteiger partial charge in [0.1, 0.15) is 11.2 Å². The van der Waals surface area contributed by atoms with Gasteiger partial charge in [0.05, 0.1) is 27.8 Å².